The number of rotatable bonds is 7. The van der Waals surface area contributed by atoms with E-state index in [0.29, 0.717) is 12.1 Å². The third-order valence-electron chi connectivity index (χ3n) is 5.21. The fraction of sp³-hybridized carbons (Fsp3) is 0.421. The van der Waals surface area contributed by atoms with Crippen molar-refractivity contribution < 1.29 is 18.7 Å². The van der Waals surface area contributed by atoms with Gasteiger partial charge in [-0.15, -0.1) is 0 Å². The summed E-state index contributed by atoms with van der Waals surface area (Å²) < 4.78 is 25.4. The topological polar surface area (TPSA) is 157 Å². The highest BCUT2D eigenvalue weighted by molar-refractivity contribution is 7.50. The van der Waals surface area contributed by atoms with E-state index < -0.39 is 25.6 Å². The molecule has 166 valence electrons. The first kappa shape index (κ1) is 21.7. The third kappa shape index (κ3) is 4.70. The Morgan fingerprint density at radius 1 is 1.42 bits per heavy atom. The Morgan fingerprint density at radius 3 is 2.90 bits per heavy atom. The molecule has 0 bridgehead atoms. The second-order valence-electron chi connectivity index (χ2n) is 8.22. The highest BCUT2D eigenvalue weighted by Gasteiger charge is 2.44. The van der Waals surface area contributed by atoms with E-state index in [4.69, 9.17) is 15.0 Å². The molecule has 1 aromatic carbocycles. The largest absolute Gasteiger partial charge is 0.403 e. The van der Waals surface area contributed by atoms with Crippen molar-refractivity contribution in [2.24, 2.45) is 5.41 Å². The number of benzene rings is 1. The van der Waals surface area contributed by atoms with Crippen molar-refractivity contribution >= 4 is 24.9 Å². The van der Waals surface area contributed by atoms with Gasteiger partial charge in [-0.05, 0) is 12.0 Å². The number of anilines is 1. The minimum Gasteiger partial charge on any atom is -0.369 e. The molecule has 0 spiro atoms. The number of H-pyrrole nitrogens is 1. The number of hydrogen-bond donors (Lipinski definition) is 4. The summed E-state index contributed by atoms with van der Waals surface area (Å²) in [5.74, 6) is -0.0133. The maximum Gasteiger partial charge on any atom is 0.403 e. The maximum absolute atomic E-state index is 12.4. The van der Waals surface area contributed by atoms with Gasteiger partial charge in [0.25, 0.3) is 5.56 Å². The van der Waals surface area contributed by atoms with Crippen molar-refractivity contribution in [1.29, 1.82) is 0 Å². The van der Waals surface area contributed by atoms with E-state index in [2.05, 4.69) is 20.0 Å². The zero-order chi connectivity index (χ0) is 22.2. The molecule has 12 heteroatoms. The van der Waals surface area contributed by atoms with Crippen LogP contribution >= 0.6 is 7.75 Å². The quantitative estimate of drug-likeness (QED) is 0.396. The Hall–Kier alpha value is -2.56. The number of nitrogen functional groups attached to an aromatic ring is 1. The number of ether oxygens (including phenoxy) is 1. The normalized spacial score (nSPS) is 22.5. The number of nitrogens with two attached hydrogens (primary N) is 1. The predicted octanol–water partition coefficient (Wildman–Crippen LogP) is 1.92. The average molecular weight is 448 g/mol. The molecule has 0 aliphatic carbocycles. The van der Waals surface area contributed by atoms with Crippen LogP contribution < -0.4 is 16.4 Å². The molecule has 11 nitrogen and oxygen atoms in total. The first-order chi connectivity index (χ1) is 14.6. The molecule has 3 heterocycles. The summed E-state index contributed by atoms with van der Waals surface area (Å²) in [6.45, 7) is 4.12. The van der Waals surface area contributed by atoms with E-state index in [-0.39, 0.29) is 30.0 Å². The number of nitrogens with one attached hydrogen (secondary N) is 2. The van der Waals surface area contributed by atoms with Gasteiger partial charge in [-0.2, -0.15) is 4.98 Å². The fourth-order valence-electron chi connectivity index (χ4n) is 3.77. The van der Waals surface area contributed by atoms with Gasteiger partial charge in [-0.1, -0.05) is 44.2 Å². The van der Waals surface area contributed by atoms with E-state index in [1.165, 1.54) is 6.33 Å². The molecule has 2 unspecified atom stereocenters. The highest BCUT2D eigenvalue weighted by atomic mass is 31.2. The lowest BCUT2D eigenvalue weighted by Gasteiger charge is -2.26. The summed E-state index contributed by atoms with van der Waals surface area (Å²) in [7, 11) is -4.01. The lowest BCUT2D eigenvalue weighted by molar-refractivity contribution is -0.0426. The second-order valence-corrected chi connectivity index (χ2v) is 9.83. The Kier molecular flexibility index (Phi) is 5.71. The molecule has 1 aliphatic heterocycles. The Labute approximate surface area is 178 Å². The van der Waals surface area contributed by atoms with Crippen molar-refractivity contribution in [2.75, 3.05) is 12.3 Å². The van der Waals surface area contributed by atoms with Crippen LogP contribution in [0.5, 0.6) is 0 Å². The summed E-state index contributed by atoms with van der Waals surface area (Å²) in [6.07, 6.45) is 1.11. The molecule has 1 aliphatic rings. The number of nitrogens with zero attached hydrogens (tertiary/aromatic N) is 3. The zero-order valence-electron chi connectivity index (χ0n) is 17.2. The van der Waals surface area contributed by atoms with Crippen LogP contribution in [-0.2, 0) is 20.4 Å². The minimum atomic E-state index is -4.01. The predicted molar refractivity (Wildman–Crippen MR) is 114 cm³/mol. The monoisotopic (exact) mass is 448 g/mol. The van der Waals surface area contributed by atoms with E-state index in [1.54, 1.807) is 4.57 Å². The summed E-state index contributed by atoms with van der Waals surface area (Å²) >= 11 is 0. The molecule has 31 heavy (non-hydrogen) atoms. The first-order valence-corrected chi connectivity index (χ1v) is 11.4. The summed E-state index contributed by atoms with van der Waals surface area (Å²) in [6, 6.07) is 9.27. The smallest absolute Gasteiger partial charge is 0.369 e. The van der Waals surface area contributed by atoms with Crippen LogP contribution in [0.25, 0.3) is 11.2 Å². The van der Waals surface area contributed by atoms with Crippen molar-refractivity contribution in [3.05, 3.63) is 52.6 Å². The second kappa shape index (κ2) is 8.18. The molecule has 2 aromatic heterocycles. The Balaban J connectivity index is 1.43. The Bertz CT molecular complexity index is 1180. The molecule has 1 saturated heterocycles. The molecule has 5 N–H and O–H groups in total. The Morgan fingerprint density at radius 2 is 2.16 bits per heavy atom. The van der Waals surface area contributed by atoms with Gasteiger partial charge < -0.3 is 15.4 Å². The van der Waals surface area contributed by atoms with Gasteiger partial charge in [0, 0.05) is 12.0 Å². The van der Waals surface area contributed by atoms with Gasteiger partial charge in [-0.25, -0.2) is 14.6 Å². The van der Waals surface area contributed by atoms with Crippen molar-refractivity contribution in [3.8, 4) is 0 Å². The lowest BCUT2D eigenvalue weighted by atomic mass is 9.87. The molecular formula is C19H25N6O5P. The lowest BCUT2D eigenvalue weighted by Crippen LogP contribution is -2.23. The zero-order valence-corrected chi connectivity index (χ0v) is 18.1. The summed E-state index contributed by atoms with van der Waals surface area (Å²) in [5.41, 5.74) is 6.22. The van der Waals surface area contributed by atoms with Crippen LogP contribution in [0, 0.1) is 5.41 Å². The highest BCUT2D eigenvalue weighted by Crippen LogP contribution is 2.47. The van der Waals surface area contributed by atoms with Crippen LogP contribution in [0.2, 0.25) is 0 Å². The molecule has 3 atom stereocenters. The van der Waals surface area contributed by atoms with Gasteiger partial charge in [-0.3, -0.25) is 18.9 Å². The van der Waals surface area contributed by atoms with Gasteiger partial charge in [0.05, 0.1) is 19.0 Å². The molecule has 3 aromatic rings. The average Bonchev–Trinajstić information content (AvgIpc) is 3.25. The molecule has 1 fully saturated rings. The van der Waals surface area contributed by atoms with E-state index in [9.17, 15) is 14.3 Å². The van der Waals surface area contributed by atoms with Crippen LogP contribution in [0.15, 0.2) is 41.5 Å². The SMILES string of the molecule is CC1(C)C[C@@H](COP(=O)(O)NCc2ccccc2)OC1n1cnc2c(=O)[nH]c(N)nc21. The van der Waals surface area contributed by atoms with E-state index >= 15 is 0 Å². The molecule has 0 saturated carbocycles. The summed E-state index contributed by atoms with van der Waals surface area (Å²) in [4.78, 5) is 32.9. The number of aromatic amines is 1. The molecule has 0 radical (unpaired) electrons. The van der Waals surface area contributed by atoms with Crippen LogP contribution in [0.3, 0.4) is 0 Å². The third-order valence-corrected chi connectivity index (χ3v) is 6.26. The van der Waals surface area contributed by atoms with Gasteiger partial charge in [0.2, 0.25) is 5.95 Å². The maximum atomic E-state index is 12.4. The van der Waals surface area contributed by atoms with Crippen molar-refractivity contribution in [1.82, 2.24) is 24.6 Å². The number of aromatic nitrogens is 4. The number of fused-ring (bicyclic) bond motifs is 1. The number of imidazole rings is 1. The van der Waals surface area contributed by atoms with Crippen LogP contribution in [0.1, 0.15) is 32.1 Å². The van der Waals surface area contributed by atoms with E-state index in [0.717, 1.165) is 5.56 Å². The fourth-order valence-corrected chi connectivity index (χ4v) is 4.62. The number of hydrogen-bond acceptors (Lipinski definition) is 7. The van der Waals surface area contributed by atoms with Crippen LogP contribution in [0.4, 0.5) is 5.95 Å². The van der Waals surface area contributed by atoms with Crippen LogP contribution in [-0.4, -0.2) is 37.1 Å². The first-order valence-electron chi connectivity index (χ1n) is 9.79. The molecule has 4 rings (SSSR count). The van der Waals surface area contributed by atoms with Crippen molar-refractivity contribution in [3.63, 3.8) is 0 Å². The van der Waals surface area contributed by atoms with Crippen molar-refractivity contribution in [2.45, 2.75) is 39.1 Å². The summed E-state index contributed by atoms with van der Waals surface area (Å²) in [5, 5.41) is 2.55. The molecule has 0 amide bonds. The standard InChI is InChI=1S/C19H25N6O5P/c1-19(2)8-13(10-29-31(27,28)22-9-12-6-4-3-5-7-12)30-17(19)25-11-21-14-15(25)23-18(20)24-16(14)26/h3-7,11,13,17H,8-10H2,1-2H3,(H2,22,27,28)(H3,20,23,24,26)/t13-,17?/m0/s1. The van der Waals surface area contributed by atoms with Gasteiger partial charge in [0.1, 0.15) is 6.23 Å². The van der Waals surface area contributed by atoms with Gasteiger partial charge >= 0.3 is 7.75 Å². The molecular weight excluding hydrogens is 423 g/mol. The van der Waals surface area contributed by atoms with Gasteiger partial charge in [0.15, 0.2) is 11.2 Å². The minimum absolute atomic E-state index is 0.0133. The van der Waals surface area contributed by atoms with E-state index in [1.807, 2.05) is 44.2 Å².